The van der Waals surface area contributed by atoms with Crippen LogP contribution in [-0.4, -0.2) is 0 Å². The molecule has 0 aliphatic rings. The summed E-state index contributed by atoms with van der Waals surface area (Å²) in [6.07, 6.45) is 0. The van der Waals surface area contributed by atoms with Crippen molar-refractivity contribution in [1.82, 2.24) is 5.32 Å². The molecule has 1 nitrogen and oxygen atoms in total. The number of hydrogen-bond acceptors (Lipinski definition) is 2. The first-order valence-electron chi connectivity index (χ1n) is 5.34. The molecule has 0 fully saturated rings. The van der Waals surface area contributed by atoms with Crippen molar-refractivity contribution in [3.05, 3.63) is 55.7 Å². The third kappa shape index (κ3) is 3.71. The molecule has 0 aliphatic carbocycles. The molecule has 0 atom stereocenters. The quantitative estimate of drug-likeness (QED) is 0.862. The lowest BCUT2D eigenvalue weighted by atomic mass is 10.2. The van der Waals surface area contributed by atoms with Crippen molar-refractivity contribution in [2.24, 2.45) is 0 Å². The van der Waals surface area contributed by atoms with Crippen LogP contribution in [0.3, 0.4) is 0 Å². The SMILES string of the molecule is Cc1ccsc1CNCc1cc(Cl)cc(Cl)c1. The fraction of sp³-hybridized carbons (Fsp3) is 0.231. The van der Waals surface area contributed by atoms with Crippen LogP contribution in [0.25, 0.3) is 0 Å². The zero-order valence-electron chi connectivity index (χ0n) is 9.47. The van der Waals surface area contributed by atoms with Gasteiger partial charge in [0, 0.05) is 28.0 Å². The van der Waals surface area contributed by atoms with Gasteiger partial charge >= 0.3 is 0 Å². The van der Waals surface area contributed by atoms with E-state index in [9.17, 15) is 0 Å². The van der Waals surface area contributed by atoms with Crippen LogP contribution in [0.4, 0.5) is 0 Å². The zero-order chi connectivity index (χ0) is 12.3. The molecule has 17 heavy (non-hydrogen) atoms. The molecule has 2 aromatic rings. The molecule has 1 N–H and O–H groups in total. The number of thiophene rings is 1. The van der Waals surface area contributed by atoms with E-state index < -0.39 is 0 Å². The van der Waals surface area contributed by atoms with E-state index in [2.05, 4.69) is 23.7 Å². The Hall–Kier alpha value is -0.540. The van der Waals surface area contributed by atoms with Crippen LogP contribution in [0.2, 0.25) is 10.0 Å². The van der Waals surface area contributed by atoms with Gasteiger partial charge in [0.15, 0.2) is 0 Å². The Labute approximate surface area is 115 Å². The summed E-state index contributed by atoms with van der Waals surface area (Å²) in [6.45, 7) is 3.79. The molecule has 1 aromatic carbocycles. The highest BCUT2D eigenvalue weighted by Gasteiger charge is 2.01. The lowest BCUT2D eigenvalue weighted by Gasteiger charge is -2.05. The van der Waals surface area contributed by atoms with Gasteiger partial charge < -0.3 is 5.32 Å². The summed E-state index contributed by atoms with van der Waals surface area (Å²) in [5.74, 6) is 0. The van der Waals surface area contributed by atoms with Gasteiger partial charge in [-0.15, -0.1) is 11.3 Å². The number of rotatable bonds is 4. The highest BCUT2D eigenvalue weighted by molar-refractivity contribution is 7.10. The summed E-state index contributed by atoms with van der Waals surface area (Å²) in [7, 11) is 0. The van der Waals surface area contributed by atoms with Crippen LogP contribution in [-0.2, 0) is 13.1 Å². The fourth-order valence-electron chi connectivity index (χ4n) is 1.62. The number of aryl methyl sites for hydroxylation is 1. The number of benzene rings is 1. The molecule has 0 saturated heterocycles. The van der Waals surface area contributed by atoms with Gasteiger partial charge in [-0.05, 0) is 47.7 Å². The van der Waals surface area contributed by atoms with E-state index in [-0.39, 0.29) is 0 Å². The van der Waals surface area contributed by atoms with Crippen LogP contribution in [0.15, 0.2) is 29.6 Å². The van der Waals surface area contributed by atoms with Crippen molar-refractivity contribution >= 4 is 34.5 Å². The first-order chi connectivity index (χ1) is 8.15. The molecule has 0 amide bonds. The van der Waals surface area contributed by atoms with E-state index in [1.165, 1.54) is 10.4 Å². The van der Waals surface area contributed by atoms with Gasteiger partial charge in [0.2, 0.25) is 0 Å². The molecule has 0 spiro atoms. The molecule has 1 aromatic heterocycles. The van der Waals surface area contributed by atoms with Crippen LogP contribution < -0.4 is 5.32 Å². The zero-order valence-corrected chi connectivity index (χ0v) is 11.8. The van der Waals surface area contributed by atoms with Crippen LogP contribution in [0.1, 0.15) is 16.0 Å². The monoisotopic (exact) mass is 285 g/mol. The van der Waals surface area contributed by atoms with Crippen molar-refractivity contribution in [3.63, 3.8) is 0 Å². The first-order valence-corrected chi connectivity index (χ1v) is 6.97. The molecular weight excluding hydrogens is 273 g/mol. The molecule has 0 bridgehead atoms. The van der Waals surface area contributed by atoms with Gasteiger partial charge in [-0.25, -0.2) is 0 Å². The Balaban J connectivity index is 1.92. The van der Waals surface area contributed by atoms with Crippen LogP contribution in [0, 0.1) is 6.92 Å². The molecular formula is C13H13Cl2NS. The molecule has 0 unspecified atom stereocenters. The maximum absolute atomic E-state index is 5.94. The summed E-state index contributed by atoms with van der Waals surface area (Å²) >= 11 is 13.7. The lowest BCUT2D eigenvalue weighted by molar-refractivity contribution is 0.699. The van der Waals surface area contributed by atoms with Crippen molar-refractivity contribution in [2.75, 3.05) is 0 Å². The van der Waals surface area contributed by atoms with Gasteiger partial charge in [-0.1, -0.05) is 23.2 Å². The largest absolute Gasteiger partial charge is 0.308 e. The predicted octanol–water partition coefficient (Wildman–Crippen LogP) is 4.65. The van der Waals surface area contributed by atoms with E-state index in [1.807, 2.05) is 12.1 Å². The van der Waals surface area contributed by atoms with Crippen LogP contribution >= 0.6 is 34.5 Å². The average Bonchev–Trinajstić information content (AvgIpc) is 2.63. The lowest BCUT2D eigenvalue weighted by Crippen LogP contribution is -2.12. The first kappa shape index (κ1) is 12.9. The van der Waals surface area contributed by atoms with E-state index in [1.54, 1.807) is 17.4 Å². The van der Waals surface area contributed by atoms with Gasteiger partial charge in [-0.3, -0.25) is 0 Å². The van der Waals surface area contributed by atoms with Gasteiger partial charge in [-0.2, -0.15) is 0 Å². The van der Waals surface area contributed by atoms with Crippen molar-refractivity contribution in [3.8, 4) is 0 Å². The molecule has 1 heterocycles. The summed E-state index contributed by atoms with van der Waals surface area (Å²) in [4.78, 5) is 1.37. The van der Waals surface area contributed by atoms with Crippen molar-refractivity contribution < 1.29 is 0 Å². The van der Waals surface area contributed by atoms with Gasteiger partial charge in [0.05, 0.1) is 0 Å². The molecule has 0 saturated carbocycles. The average molecular weight is 286 g/mol. The minimum absolute atomic E-state index is 0.682. The molecule has 2 rings (SSSR count). The second-order valence-corrected chi connectivity index (χ2v) is 5.78. The normalized spacial score (nSPS) is 10.8. The maximum Gasteiger partial charge on any atom is 0.0424 e. The summed E-state index contributed by atoms with van der Waals surface area (Å²) in [5.41, 5.74) is 2.45. The molecule has 0 radical (unpaired) electrons. The number of halogens is 2. The third-order valence-electron chi connectivity index (χ3n) is 2.51. The third-order valence-corrected chi connectivity index (χ3v) is 3.96. The number of hydrogen-bond donors (Lipinski definition) is 1. The smallest absolute Gasteiger partial charge is 0.0424 e. The Morgan fingerprint density at radius 3 is 2.41 bits per heavy atom. The minimum Gasteiger partial charge on any atom is -0.308 e. The predicted molar refractivity (Wildman–Crippen MR) is 76.1 cm³/mol. The minimum atomic E-state index is 0.682. The highest BCUT2D eigenvalue weighted by Crippen LogP contribution is 2.19. The second kappa shape index (κ2) is 5.87. The van der Waals surface area contributed by atoms with E-state index in [0.29, 0.717) is 10.0 Å². The summed E-state index contributed by atoms with van der Waals surface area (Å²) < 4.78 is 0. The maximum atomic E-state index is 5.94. The van der Waals surface area contributed by atoms with Crippen LogP contribution in [0.5, 0.6) is 0 Å². The van der Waals surface area contributed by atoms with Gasteiger partial charge in [0.1, 0.15) is 0 Å². The Kier molecular flexibility index (Phi) is 4.46. The second-order valence-electron chi connectivity index (χ2n) is 3.91. The van der Waals surface area contributed by atoms with Crippen molar-refractivity contribution in [2.45, 2.75) is 20.0 Å². The van der Waals surface area contributed by atoms with Crippen molar-refractivity contribution in [1.29, 1.82) is 0 Å². The van der Waals surface area contributed by atoms with Gasteiger partial charge in [0.25, 0.3) is 0 Å². The standard InChI is InChI=1S/C13H13Cl2NS/c1-9-2-3-17-13(9)8-16-7-10-4-11(14)6-12(15)5-10/h2-6,16H,7-8H2,1H3. The Morgan fingerprint density at radius 1 is 1.12 bits per heavy atom. The molecule has 90 valence electrons. The molecule has 4 heteroatoms. The Bertz CT molecular complexity index is 488. The van der Waals surface area contributed by atoms with E-state index in [0.717, 1.165) is 18.7 Å². The molecule has 0 aliphatic heterocycles. The summed E-state index contributed by atoms with van der Waals surface area (Å²) in [5, 5.41) is 6.87. The highest BCUT2D eigenvalue weighted by atomic mass is 35.5. The topological polar surface area (TPSA) is 12.0 Å². The number of nitrogens with one attached hydrogen (secondary N) is 1. The summed E-state index contributed by atoms with van der Waals surface area (Å²) in [6, 6.07) is 7.75. The Morgan fingerprint density at radius 2 is 1.82 bits per heavy atom. The van der Waals surface area contributed by atoms with E-state index in [4.69, 9.17) is 23.2 Å². The van der Waals surface area contributed by atoms with E-state index >= 15 is 0 Å². The fourth-order valence-corrected chi connectivity index (χ4v) is 3.07.